The van der Waals surface area contributed by atoms with E-state index in [1.807, 2.05) is 6.07 Å². The molecule has 0 radical (unpaired) electrons. The fourth-order valence-corrected chi connectivity index (χ4v) is 3.28. The Morgan fingerprint density at radius 3 is 2.62 bits per heavy atom. The van der Waals surface area contributed by atoms with E-state index in [-0.39, 0.29) is 11.6 Å². The monoisotopic (exact) mass is 402 g/mol. The lowest BCUT2D eigenvalue weighted by Crippen LogP contribution is -2.28. The molecule has 0 spiro atoms. The lowest BCUT2D eigenvalue weighted by Gasteiger charge is -2.19. The second-order valence-electron chi connectivity index (χ2n) is 6.84. The highest BCUT2D eigenvalue weighted by Gasteiger charge is 2.51. The molecule has 150 valence electrons. The molecule has 0 unspecified atom stereocenters. The first kappa shape index (κ1) is 19.0. The SMILES string of the molecule is COc1cccc(C2(C(=O)Nc3cc(C(F)(F)F)ccc3-n3cncn3)CC2)c1. The molecule has 1 saturated carbocycles. The maximum atomic E-state index is 13.2. The summed E-state index contributed by atoms with van der Waals surface area (Å²) in [5, 5.41) is 6.64. The summed E-state index contributed by atoms with van der Waals surface area (Å²) in [4.78, 5) is 16.9. The minimum atomic E-state index is -4.54. The van der Waals surface area contributed by atoms with Gasteiger partial charge in [0.25, 0.3) is 0 Å². The van der Waals surface area contributed by atoms with Crippen LogP contribution in [0.3, 0.4) is 0 Å². The summed E-state index contributed by atoms with van der Waals surface area (Å²) in [5.41, 5.74) is -0.566. The molecule has 4 rings (SSSR count). The lowest BCUT2D eigenvalue weighted by molar-refractivity contribution is -0.137. The molecule has 1 aliphatic rings. The van der Waals surface area contributed by atoms with Crippen LogP contribution in [-0.2, 0) is 16.4 Å². The largest absolute Gasteiger partial charge is 0.497 e. The number of halogens is 3. The third-order valence-electron chi connectivity index (χ3n) is 5.04. The predicted molar refractivity (Wildman–Crippen MR) is 98.9 cm³/mol. The molecule has 0 bridgehead atoms. The number of anilines is 1. The number of hydrogen-bond donors (Lipinski definition) is 1. The normalized spacial score (nSPS) is 15.0. The van der Waals surface area contributed by atoms with Crippen molar-refractivity contribution in [3.8, 4) is 11.4 Å². The van der Waals surface area contributed by atoms with Crippen LogP contribution in [0.4, 0.5) is 18.9 Å². The van der Waals surface area contributed by atoms with E-state index < -0.39 is 17.2 Å². The Balaban J connectivity index is 1.70. The van der Waals surface area contributed by atoms with E-state index in [9.17, 15) is 18.0 Å². The van der Waals surface area contributed by atoms with Gasteiger partial charge in [-0.05, 0) is 48.7 Å². The van der Waals surface area contributed by atoms with Crippen molar-refractivity contribution in [3.05, 3.63) is 66.2 Å². The van der Waals surface area contributed by atoms with Crippen molar-refractivity contribution in [2.45, 2.75) is 24.4 Å². The van der Waals surface area contributed by atoms with Gasteiger partial charge in [-0.25, -0.2) is 9.67 Å². The molecule has 1 N–H and O–H groups in total. The highest BCUT2D eigenvalue weighted by molar-refractivity contribution is 6.02. The molecule has 29 heavy (non-hydrogen) atoms. The van der Waals surface area contributed by atoms with Crippen LogP contribution in [0.15, 0.2) is 55.1 Å². The van der Waals surface area contributed by atoms with Gasteiger partial charge in [0.15, 0.2) is 0 Å². The van der Waals surface area contributed by atoms with Gasteiger partial charge in [-0.1, -0.05) is 12.1 Å². The molecule has 1 aliphatic carbocycles. The Bertz CT molecular complexity index is 1040. The Labute approximate surface area is 164 Å². The molecule has 0 aliphatic heterocycles. The number of nitrogens with one attached hydrogen (secondary N) is 1. The third-order valence-corrected chi connectivity index (χ3v) is 5.04. The second-order valence-corrected chi connectivity index (χ2v) is 6.84. The van der Waals surface area contributed by atoms with Crippen molar-refractivity contribution in [1.29, 1.82) is 0 Å². The average Bonchev–Trinajstić information content (AvgIpc) is 3.35. The Hall–Kier alpha value is -3.36. The molecule has 1 amide bonds. The van der Waals surface area contributed by atoms with Crippen molar-refractivity contribution in [1.82, 2.24) is 14.8 Å². The quantitative estimate of drug-likeness (QED) is 0.701. The number of nitrogens with zero attached hydrogens (tertiary/aromatic N) is 3. The molecule has 9 heteroatoms. The van der Waals surface area contributed by atoms with Crippen molar-refractivity contribution in [2.75, 3.05) is 12.4 Å². The Morgan fingerprint density at radius 2 is 2.00 bits per heavy atom. The average molecular weight is 402 g/mol. The van der Waals surface area contributed by atoms with Crippen LogP contribution in [-0.4, -0.2) is 27.8 Å². The van der Waals surface area contributed by atoms with E-state index in [0.717, 1.165) is 17.7 Å². The number of rotatable bonds is 5. The van der Waals surface area contributed by atoms with Crippen molar-refractivity contribution >= 4 is 11.6 Å². The molecular weight excluding hydrogens is 385 g/mol. The topological polar surface area (TPSA) is 69.0 Å². The summed E-state index contributed by atoms with van der Waals surface area (Å²) in [7, 11) is 1.53. The number of hydrogen-bond acceptors (Lipinski definition) is 4. The maximum Gasteiger partial charge on any atom is 0.416 e. The van der Waals surface area contributed by atoms with Gasteiger partial charge in [0, 0.05) is 0 Å². The fourth-order valence-electron chi connectivity index (χ4n) is 3.28. The first-order valence-electron chi connectivity index (χ1n) is 8.86. The van der Waals surface area contributed by atoms with Gasteiger partial charge in [-0.15, -0.1) is 0 Å². The molecule has 0 saturated heterocycles. The lowest BCUT2D eigenvalue weighted by atomic mass is 9.94. The zero-order valence-electron chi connectivity index (χ0n) is 15.4. The second kappa shape index (κ2) is 6.91. The van der Waals surface area contributed by atoms with Crippen molar-refractivity contribution < 1.29 is 22.7 Å². The van der Waals surface area contributed by atoms with Crippen molar-refractivity contribution in [2.24, 2.45) is 0 Å². The van der Waals surface area contributed by atoms with Gasteiger partial charge < -0.3 is 10.1 Å². The molecule has 3 aromatic rings. The van der Waals surface area contributed by atoms with Crippen LogP contribution in [0.5, 0.6) is 5.75 Å². The molecule has 2 aromatic carbocycles. The van der Waals surface area contributed by atoms with Gasteiger partial charge in [0.05, 0.1) is 29.5 Å². The first-order valence-corrected chi connectivity index (χ1v) is 8.86. The standard InChI is InChI=1S/C20H17F3N4O2/c1-29-15-4-2-3-13(9-15)19(7-8-19)18(28)26-16-10-14(20(21,22)23)5-6-17(16)27-12-24-11-25-27/h2-6,9-12H,7-8H2,1H3,(H,26,28). The summed E-state index contributed by atoms with van der Waals surface area (Å²) in [5.74, 6) is 0.246. The number of ether oxygens (including phenoxy) is 1. The number of aromatic nitrogens is 3. The molecule has 1 aromatic heterocycles. The summed E-state index contributed by atoms with van der Waals surface area (Å²) in [6.07, 6.45) is -0.715. The Kier molecular flexibility index (Phi) is 4.52. The third kappa shape index (κ3) is 3.55. The minimum absolute atomic E-state index is 0.0181. The van der Waals surface area contributed by atoms with Crippen LogP contribution in [0.2, 0.25) is 0 Å². The zero-order valence-corrected chi connectivity index (χ0v) is 15.4. The first-order chi connectivity index (χ1) is 13.8. The summed E-state index contributed by atoms with van der Waals surface area (Å²) >= 11 is 0. The van der Waals surface area contributed by atoms with E-state index in [1.165, 1.54) is 30.5 Å². The minimum Gasteiger partial charge on any atom is -0.497 e. The Morgan fingerprint density at radius 1 is 1.21 bits per heavy atom. The van der Waals surface area contributed by atoms with E-state index in [1.54, 1.807) is 18.2 Å². The predicted octanol–water partition coefficient (Wildman–Crippen LogP) is 3.97. The van der Waals surface area contributed by atoms with Crippen LogP contribution in [0.1, 0.15) is 24.0 Å². The highest BCUT2D eigenvalue weighted by Crippen LogP contribution is 2.50. The van der Waals surface area contributed by atoms with Gasteiger partial charge >= 0.3 is 6.18 Å². The number of benzene rings is 2. The summed E-state index contributed by atoms with van der Waals surface area (Å²) < 4.78 is 46.2. The summed E-state index contributed by atoms with van der Waals surface area (Å²) in [6.45, 7) is 0. The molecular formula is C20H17F3N4O2. The number of amides is 1. The molecule has 0 atom stereocenters. The van der Waals surface area contributed by atoms with Gasteiger partial charge in [0.2, 0.25) is 5.91 Å². The zero-order chi connectivity index (χ0) is 20.6. The van der Waals surface area contributed by atoms with E-state index in [4.69, 9.17) is 4.74 Å². The molecule has 1 heterocycles. The van der Waals surface area contributed by atoms with Gasteiger partial charge in [0.1, 0.15) is 18.4 Å². The highest BCUT2D eigenvalue weighted by atomic mass is 19.4. The van der Waals surface area contributed by atoms with E-state index in [2.05, 4.69) is 15.4 Å². The number of alkyl halides is 3. The number of carbonyl (C=O) groups excluding carboxylic acids is 1. The van der Waals surface area contributed by atoms with Crippen molar-refractivity contribution in [3.63, 3.8) is 0 Å². The van der Waals surface area contributed by atoms with Crippen LogP contribution in [0, 0.1) is 0 Å². The van der Waals surface area contributed by atoms with Crippen LogP contribution in [0.25, 0.3) is 5.69 Å². The van der Waals surface area contributed by atoms with Gasteiger partial charge in [-0.3, -0.25) is 4.79 Å². The molecule has 1 fully saturated rings. The van der Waals surface area contributed by atoms with E-state index >= 15 is 0 Å². The number of methoxy groups -OCH3 is 1. The maximum absolute atomic E-state index is 13.2. The smallest absolute Gasteiger partial charge is 0.416 e. The van der Waals surface area contributed by atoms with Crippen LogP contribution >= 0.6 is 0 Å². The van der Waals surface area contributed by atoms with Gasteiger partial charge in [-0.2, -0.15) is 18.3 Å². The van der Waals surface area contributed by atoms with Crippen LogP contribution < -0.4 is 10.1 Å². The fraction of sp³-hybridized carbons (Fsp3) is 0.250. The van der Waals surface area contributed by atoms with E-state index in [0.29, 0.717) is 24.3 Å². The summed E-state index contributed by atoms with van der Waals surface area (Å²) in [6, 6.07) is 10.3. The number of carbonyl (C=O) groups is 1. The molecule has 6 nitrogen and oxygen atoms in total.